The summed E-state index contributed by atoms with van der Waals surface area (Å²) >= 11 is 6.14. The minimum Gasteiger partial charge on any atom is -0.462 e. The number of ether oxygens (including phenoxy) is 1. The van der Waals surface area contributed by atoms with E-state index in [4.69, 9.17) is 9.15 Å². The fourth-order valence-corrected chi connectivity index (χ4v) is 6.92. The van der Waals surface area contributed by atoms with Gasteiger partial charge in [0, 0.05) is 15.0 Å². The van der Waals surface area contributed by atoms with E-state index in [1.54, 1.807) is 30.5 Å². The lowest BCUT2D eigenvalue weighted by atomic mass is 9.95. The number of halogens is 1. The van der Waals surface area contributed by atoms with E-state index in [1.165, 1.54) is 29.4 Å². The van der Waals surface area contributed by atoms with Crippen LogP contribution in [0.25, 0.3) is 5.69 Å². The van der Waals surface area contributed by atoms with E-state index in [9.17, 15) is 14.4 Å². The number of amides is 2. The molecular formula is C28H28BrN5O5S2. The lowest BCUT2D eigenvalue weighted by molar-refractivity contribution is -0.115. The van der Waals surface area contributed by atoms with Crippen molar-refractivity contribution in [2.45, 2.75) is 56.5 Å². The van der Waals surface area contributed by atoms with Crippen molar-refractivity contribution < 1.29 is 23.5 Å². The van der Waals surface area contributed by atoms with E-state index < -0.39 is 11.2 Å². The molecule has 0 saturated heterocycles. The van der Waals surface area contributed by atoms with Gasteiger partial charge < -0.3 is 19.8 Å². The molecule has 10 nitrogen and oxygen atoms in total. The fraction of sp³-hybridized carbons (Fsp3) is 0.321. The Bertz CT molecular complexity index is 1550. The van der Waals surface area contributed by atoms with Crippen molar-refractivity contribution in [3.63, 3.8) is 0 Å². The van der Waals surface area contributed by atoms with Crippen LogP contribution < -0.4 is 10.6 Å². The lowest BCUT2D eigenvalue weighted by Gasteiger charge is -2.15. The number of thioether (sulfide) groups is 1. The molecule has 2 amide bonds. The van der Waals surface area contributed by atoms with E-state index in [2.05, 4.69) is 36.8 Å². The predicted molar refractivity (Wildman–Crippen MR) is 160 cm³/mol. The molecule has 41 heavy (non-hydrogen) atoms. The second-order valence-electron chi connectivity index (χ2n) is 9.26. The molecule has 214 valence electrons. The Morgan fingerprint density at radius 1 is 1.17 bits per heavy atom. The first-order chi connectivity index (χ1) is 19.9. The Morgan fingerprint density at radius 2 is 1.95 bits per heavy atom. The molecular weight excluding hydrogens is 630 g/mol. The van der Waals surface area contributed by atoms with Gasteiger partial charge in [-0.3, -0.25) is 14.2 Å². The number of carbonyl (C=O) groups is 3. The SMILES string of the molecule is CCOC(=O)c1c(NC(=O)[C@H](C)Sc2nnc(CNC(=O)c3ccco3)n2-c2ccc(Br)cc2)sc2c1CCCC2. The van der Waals surface area contributed by atoms with Gasteiger partial charge >= 0.3 is 5.97 Å². The Morgan fingerprint density at radius 3 is 2.68 bits per heavy atom. The number of furan rings is 1. The van der Waals surface area contributed by atoms with E-state index in [0.29, 0.717) is 21.5 Å². The number of benzene rings is 1. The maximum absolute atomic E-state index is 13.4. The molecule has 1 aromatic carbocycles. The molecule has 0 fully saturated rings. The molecule has 0 saturated carbocycles. The molecule has 3 heterocycles. The summed E-state index contributed by atoms with van der Waals surface area (Å²) in [4.78, 5) is 39.8. The van der Waals surface area contributed by atoms with Crippen LogP contribution in [-0.2, 0) is 28.9 Å². The third-order valence-corrected chi connectivity index (χ3v) is 9.25. The average molecular weight is 659 g/mol. The maximum atomic E-state index is 13.4. The Kier molecular flexibility index (Phi) is 9.25. The number of carbonyl (C=O) groups excluding carboxylic acids is 3. The summed E-state index contributed by atoms with van der Waals surface area (Å²) in [5.41, 5.74) is 2.24. The van der Waals surface area contributed by atoms with Gasteiger partial charge in [-0.2, -0.15) is 0 Å². The fourth-order valence-electron chi connectivity index (χ4n) is 4.49. The van der Waals surface area contributed by atoms with Crippen LogP contribution in [-0.4, -0.2) is 44.4 Å². The topological polar surface area (TPSA) is 128 Å². The van der Waals surface area contributed by atoms with Crippen molar-refractivity contribution in [1.29, 1.82) is 0 Å². The van der Waals surface area contributed by atoms with E-state index >= 15 is 0 Å². The van der Waals surface area contributed by atoms with Crippen LogP contribution in [0.1, 0.15) is 63.9 Å². The van der Waals surface area contributed by atoms with Crippen molar-refractivity contribution in [2.24, 2.45) is 0 Å². The predicted octanol–water partition coefficient (Wildman–Crippen LogP) is 5.79. The molecule has 0 aliphatic heterocycles. The van der Waals surface area contributed by atoms with E-state index in [0.717, 1.165) is 46.3 Å². The molecule has 1 aliphatic carbocycles. The van der Waals surface area contributed by atoms with E-state index in [-0.39, 0.29) is 30.7 Å². The first-order valence-corrected chi connectivity index (χ1v) is 15.7. The lowest BCUT2D eigenvalue weighted by Crippen LogP contribution is -2.25. The molecule has 13 heteroatoms. The van der Waals surface area contributed by atoms with Crippen LogP contribution in [0.5, 0.6) is 0 Å². The Hall–Kier alpha value is -3.42. The molecule has 0 unspecified atom stereocenters. The zero-order valence-corrected chi connectivity index (χ0v) is 25.7. The third-order valence-electron chi connectivity index (χ3n) is 6.48. The van der Waals surface area contributed by atoms with Crippen molar-refractivity contribution in [3.8, 4) is 5.69 Å². The molecule has 2 N–H and O–H groups in total. The second kappa shape index (κ2) is 13.0. The van der Waals surface area contributed by atoms with Gasteiger partial charge in [-0.05, 0) is 81.5 Å². The van der Waals surface area contributed by atoms with Crippen LogP contribution in [0, 0.1) is 0 Å². The molecule has 1 atom stereocenters. The largest absolute Gasteiger partial charge is 0.462 e. The highest BCUT2D eigenvalue weighted by Gasteiger charge is 2.29. The van der Waals surface area contributed by atoms with Gasteiger partial charge in [0.15, 0.2) is 16.7 Å². The van der Waals surface area contributed by atoms with Gasteiger partial charge in [0.2, 0.25) is 5.91 Å². The number of nitrogens with zero attached hydrogens (tertiary/aromatic N) is 3. The molecule has 3 aromatic heterocycles. The van der Waals surface area contributed by atoms with Gasteiger partial charge in [0.25, 0.3) is 5.91 Å². The number of aromatic nitrogens is 3. The molecule has 4 aromatic rings. The minimum atomic E-state index is -0.576. The minimum absolute atomic E-state index is 0.0907. The van der Waals surface area contributed by atoms with Gasteiger partial charge in [-0.1, -0.05) is 27.7 Å². The summed E-state index contributed by atoms with van der Waals surface area (Å²) in [5, 5.41) is 14.9. The number of thiophene rings is 1. The normalized spacial score (nSPS) is 13.3. The smallest absolute Gasteiger partial charge is 0.341 e. The van der Waals surface area contributed by atoms with Gasteiger partial charge in [0.05, 0.1) is 30.2 Å². The van der Waals surface area contributed by atoms with Crippen molar-refractivity contribution in [1.82, 2.24) is 20.1 Å². The van der Waals surface area contributed by atoms with Gasteiger partial charge in [-0.15, -0.1) is 21.5 Å². The number of hydrogen-bond acceptors (Lipinski definition) is 9. The number of nitrogens with one attached hydrogen (secondary N) is 2. The number of aryl methyl sites for hydroxylation is 1. The summed E-state index contributed by atoms with van der Waals surface area (Å²) in [5.74, 6) is -0.371. The number of rotatable bonds is 10. The van der Waals surface area contributed by atoms with Crippen LogP contribution in [0.15, 0.2) is 56.7 Å². The Labute approximate surface area is 253 Å². The molecule has 1 aliphatic rings. The summed E-state index contributed by atoms with van der Waals surface area (Å²) in [6, 6.07) is 10.8. The second-order valence-corrected chi connectivity index (χ2v) is 12.6. The van der Waals surface area contributed by atoms with Crippen molar-refractivity contribution in [3.05, 3.63) is 74.7 Å². The molecule has 0 radical (unpaired) electrons. The highest BCUT2D eigenvalue weighted by molar-refractivity contribution is 9.10. The first kappa shape index (κ1) is 29.1. The Balaban J connectivity index is 1.36. The summed E-state index contributed by atoms with van der Waals surface area (Å²) < 4.78 is 13.2. The van der Waals surface area contributed by atoms with Gasteiger partial charge in [-0.25, -0.2) is 4.79 Å². The van der Waals surface area contributed by atoms with Crippen molar-refractivity contribution >= 4 is 61.8 Å². The highest BCUT2D eigenvalue weighted by atomic mass is 79.9. The van der Waals surface area contributed by atoms with Gasteiger partial charge in [0.1, 0.15) is 5.00 Å². The quantitative estimate of drug-likeness (QED) is 0.162. The highest BCUT2D eigenvalue weighted by Crippen LogP contribution is 2.39. The number of anilines is 1. The first-order valence-electron chi connectivity index (χ1n) is 13.2. The standard InChI is InChI=1S/C28H28BrN5O5S2/c1-3-38-27(37)23-19-7-4-5-9-21(19)41-26(23)31-24(35)16(2)40-28-33-32-22(15-30-25(36)20-8-6-14-39-20)34(28)18-12-10-17(29)11-13-18/h6,8,10-14,16H,3-5,7,9,15H2,1-2H3,(H,30,36)(H,31,35)/t16-/m0/s1. The summed E-state index contributed by atoms with van der Waals surface area (Å²) in [7, 11) is 0. The van der Waals surface area contributed by atoms with E-state index in [1.807, 2.05) is 24.3 Å². The maximum Gasteiger partial charge on any atom is 0.341 e. The zero-order chi connectivity index (χ0) is 28.9. The zero-order valence-electron chi connectivity index (χ0n) is 22.4. The molecule has 0 bridgehead atoms. The molecule has 5 rings (SSSR count). The van der Waals surface area contributed by atoms with Crippen LogP contribution in [0.4, 0.5) is 5.00 Å². The monoisotopic (exact) mass is 657 g/mol. The third kappa shape index (κ3) is 6.57. The number of fused-ring (bicyclic) bond motifs is 1. The summed E-state index contributed by atoms with van der Waals surface area (Å²) in [6.45, 7) is 3.90. The number of esters is 1. The van der Waals surface area contributed by atoms with Crippen LogP contribution in [0.2, 0.25) is 0 Å². The average Bonchev–Trinajstić information content (AvgIpc) is 3.71. The van der Waals surface area contributed by atoms with Crippen molar-refractivity contribution in [2.75, 3.05) is 11.9 Å². The molecule has 0 spiro atoms. The van der Waals surface area contributed by atoms with Crippen LogP contribution in [0.3, 0.4) is 0 Å². The summed E-state index contributed by atoms with van der Waals surface area (Å²) in [6.07, 6.45) is 5.19. The number of hydrogen-bond donors (Lipinski definition) is 2. The van der Waals surface area contributed by atoms with Crippen LogP contribution >= 0.6 is 39.0 Å².